The molecule has 1 N–H and O–H groups in total. The van der Waals surface area contributed by atoms with Crippen molar-refractivity contribution in [3.8, 4) is 23.1 Å². The van der Waals surface area contributed by atoms with E-state index in [0.29, 0.717) is 38.4 Å². The first-order valence-corrected chi connectivity index (χ1v) is 13.7. The van der Waals surface area contributed by atoms with Crippen LogP contribution in [0.4, 0.5) is 5.69 Å². The van der Waals surface area contributed by atoms with Gasteiger partial charge in [0.25, 0.3) is 11.5 Å². The minimum Gasteiger partial charge on any atom is -0.457 e. The van der Waals surface area contributed by atoms with Gasteiger partial charge in [0.05, 0.1) is 15.2 Å². The summed E-state index contributed by atoms with van der Waals surface area (Å²) in [7, 11) is 0. The highest BCUT2D eigenvalue weighted by Crippen LogP contribution is 2.29. The zero-order chi connectivity index (χ0) is 28.2. The summed E-state index contributed by atoms with van der Waals surface area (Å²) in [6.45, 7) is 4.17. The summed E-state index contributed by atoms with van der Waals surface area (Å²) in [5, 5.41) is 13.4. The number of amides is 1. The lowest BCUT2D eigenvalue weighted by Gasteiger charge is -2.08. The van der Waals surface area contributed by atoms with E-state index in [4.69, 9.17) is 16.0 Å². The fraction of sp³-hybridized carbons (Fsp3) is 0.0938. The second kappa shape index (κ2) is 11.6. The first kappa shape index (κ1) is 26.9. The van der Waals surface area contributed by atoms with Crippen LogP contribution in [-0.2, 0) is 4.79 Å². The summed E-state index contributed by atoms with van der Waals surface area (Å²) < 4.78 is 7.88. The van der Waals surface area contributed by atoms with E-state index >= 15 is 0 Å². The Morgan fingerprint density at radius 3 is 2.38 bits per heavy atom. The van der Waals surface area contributed by atoms with Crippen molar-refractivity contribution in [1.82, 2.24) is 4.57 Å². The maximum Gasteiger partial charge on any atom is 0.273 e. The highest BCUT2D eigenvalue weighted by Gasteiger charge is 2.18. The fourth-order valence-corrected chi connectivity index (χ4v) is 5.48. The van der Waals surface area contributed by atoms with Gasteiger partial charge in [-0.25, -0.2) is 0 Å². The summed E-state index contributed by atoms with van der Waals surface area (Å²) >= 11 is 7.36. The van der Waals surface area contributed by atoms with Crippen molar-refractivity contribution in [3.05, 3.63) is 127 Å². The average molecular weight is 566 g/mol. The van der Waals surface area contributed by atoms with Crippen molar-refractivity contribution in [2.45, 2.75) is 19.8 Å². The maximum absolute atomic E-state index is 13.7. The van der Waals surface area contributed by atoms with E-state index in [9.17, 15) is 14.9 Å². The van der Waals surface area contributed by atoms with Gasteiger partial charge in [0, 0.05) is 17.3 Å². The molecular formula is C32H24ClN3O3S. The Morgan fingerprint density at radius 2 is 1.70 bits per heavy atom. The normalized spacial score (nSPS) is 12.3. The van der Waals surface area contributed by atoms with Crippen molar-refractivity contribution < 1.29 is 9.21 Å². The lowest BCUT2D eigenvalue weighted by molar-refractivity contribution is -0.111. The number of benzene rings is 3. The molecule has 1 amide bonds. The third-order valence-electron chi connectivity index (χ3n) is 6.27. The van der Waals surface area contributed by atoms with Crippen LogP contribution < -0.4 is 20.1 Å². The Balaban J connectivity index is 1.62. The molecule has 198 valence electrons. The summed E-state index contributed by atoms with van der Waals surface area (Å²) in [5.41, 5.74) is 2.42. The smallest absolute Gasteiger partial charge is 0.273 e. The number of carbonyl (C=O) groups is 1. The Kier molecular flexibility index (Phi) is 7.83. The van der Waals surface area contributed by atoms with E-state index in [2.05, 4.69) is 19.2 Å². The molecule has 3 aromatic carbocycles. The van der Waals surface area contributed by atoms with Gasteiger partial charge in [-0.05, 0) is 60.0 Å². The molecule has 0 aliphatic carbocycles. The maximum atomic E-state index is 13.7. The predicted octanol–water partition coefficient (Wildman–Crippen LogP) is 6.08. The van der Waals surface area contributed by atoms with Gasteiger partial charge in [-0.2, -0.15) is 5.26 Å². The molecule has 5 aromatic rings. The number of nitriles is 1. The van der Waals surface area contributed by atoms with Gasteiger partial charge in [-0.1, -0.05) is 67.9 Å². The van der Waals surface area contributed by atoms with Gasteiger partial charge in [0.15, 0.2) is 5.57 Å². The summed E-state index contributed by atoms with van der Waals surface area (Å²) in [6, 6.07) is 29.2. The van der Waals surface area contributed by atoms with Crippen molar-refractivity contribution in [3.63, 3.8) is 0 Å². The molecular weight excluding hydrogens is 542 g/mol. The molecule has 5 rings (SSSR count). The number of nitrogens with zero attached hydrogens (tertiary/aromatic N) is 2. The Morgan fingerprint density at radius 1 is 1.00 bits per heavy atom. The zero-order valence-corrected chi connectivity index (χ0v) is 23.3. The molecule has 8 heteroatoms. The zero-order valence-electron chi connectivity index (χ0n) is 21.7. The van der Waals surface area contributed by atoms with E-state index in [1.54, 1.807) is 60.7 Å². The third kappa shape index (κ3) is 5.55. The largest absolute Gasteiger partial charge is 0.457 e. The molecule has 0 bridgehead atoms. The van der Waals surface area contributed by atoms with E-state index in [1.807, 2.05) is 42.5 Å². The standard InChI is InChI=1S/C32H24ClN3O3S/c1-20(2)21-12-14-22(15-13-21)35-30(37)26(19-34)32-36(23-8-4-3-5-9-23)31(38)29(40-32)18-24-16-17-28(39-24)25-10-6-7-11-27(25)33/h3-18,20H,1-2H3,(H,35,37)/b29-18+,32-26-. The number of thiazole rings is 1. The fourth-order valence-electron chi connectivity index (χ4n) is 4.17. The highest BCUT2D eigenvalue weighted by molar-refractivity contribution is 7.07. The molecule has 0 saturated carbocycles. The Hall–Kier alpha value is -4.64. The molecule has 0 spiro atoms. The van der Waals surface area contributed by atoms with E-state index in [0.717, 1.165) is 22.5 Å². The summed E-state index contributed by atoms with van der Waals surface area (Å²) in [6.07, 6.45) is 1.60. The van der Waals surface area contributed by atoms with Crippen LogP contribution in [0.25, 0.3) is 28.7 Å². The number of para-hydroxylation sites is 1. The lowest BCUT2D eigenvalue weighted by Crippen LogP contribution is -2.32. The number of furan rings is 1. The van der Waals surface area contributed by atoms with E-state index in [1.165, 1.54) is 4.57 Å². The van der Waals surface area contributed by atoms with Gasteiger partial charge >= 0.3 is 0 Å². The van der Waals surface area contributed by atoms with Crippen LogP contribution >= 0.6 is 22.9 Å². The van der Waals surface area contributed by atoms with Crippen LogP contribution in [0.2, 0.25) is 5.02 Å². The first-order valence-electron chi connectivity index (χ1n) is 12.5. The van der Waals surface area contributed by atoms with Crippen LogP contribution in [0.3, 0.4) is 0 Å². The molecule has 0 radical (unpaired) electrons. The van der Waals surface area contributed by atoms with Crippen LogP contribution in [0.5, 0.6) is 0 Å². The molecule has 0 aliphatic rings. The molecule has 6 nitrogen and oxygen atoms in total. The lowest BCUT2D eigenvalue weighted by atomic mass is 10.0. The van der Waals surface area contributed by atoms with Crippen LogP contribution in [0.15, 0.2) is 100 Å². The van der Waals surface area contributed by atoms with Crippen LogP contribution in [0, 0.1) is 11.3 Å². The van der Waals surface area contributed by atoms with Crippen molar-refractivity contribution >= 4 is 46.2 Å². The molecule has 2 aromatic heterocycles. The first-order chi connectivity index (χ1) is 19.4. The van der Waals surface area contributed by atoms with E-state index < -0.39 is 5.91 Å². The number of aromatic nitrogens is 1. The highest BCUT2D eigenvalue weighted by atomic mass is 35.5. The average Bonchev–Trinajstić information content (AvgIpc) is 3.54. The number of hydrogen-bond acceptors (Lipinski definition) is 5. The Bertz CT molecular complexity index is 1910. The molecule has 40 heavy (non-hydrogen) atoms. The van der Waals surface area contributed by atoms with Gasteiger partial charge < -0.3 is 9.73 Å². The van der Waals surface area contributed by atoms with E-state index in [-0.39, 0.29) is 15.8 Å². The molecule has 0 fully saturated rings. The number of anilines is 1. The van der Waals surface area contributed by atoms with Crippen molar-refractivity contribution in [2.75, 3.05) is 5.32 Å². The second-order valence-electron chi connectivity index (χ2n) is 9.29. The molecule has 0 unspecified atom stereocenters. The Labute approximate surface area is 239 Å². The monoisotopic (exact) mass is 565 g/mol. The predicted molar refractivity (Wildman–Crippen MR) is 160 cm³/mol. The van der Waals surface area contributed by atoms with Gasteiger partial charge in [0.2, 0.25) is 0 Å². The molecule has 0 saturated heterocycles. The number of nitrogens with one attached hydrogen (secondary N) is 1. The summed E-state index contributed by atoms with van der Waals surface area (Å²) in [5.74, 6) is 0.746. The third-order valence-corrected chi connectivity index (χ3v) is 7.69. The number of hydrogen-bond donors (Lipinski definition) is 1. The van der Waals surface area contributed by atoms with Crippen LogP contribution in [0.1, 0.15) is 31.1 Å². The van der Waals surface area contributed by atoms with Crippen molar-refractivity contribution in [2.24, 2.45) is 0 Å². The SMILES string of the molecule is CC(C)c1ccc(NC(=O)/C(C#N)=c2\s/c(=C/c3ccc(-c4ccccc4Cl)o3)c(=O)n2-c2ccccc2)cc1. The number of halogens is 1. The van der Waals surface area contributed by atoms with Gasteiger partial charge in [-0.3, -0.25) is 14.2 Å². The molecule has 2 heterocycles. The number of carbonyl (C=O) groups excluding carboxylic acids is 1. The van der Waals surface area contributed by atoms with Crippen LogP contribution in [-0.4, -0.2) is 10.5 Å². The van der Waals surface area contributed by atoms with Gasteiger partial charge in [-0.15, -0.1) is 11.3 Å². The number of rotatable bonds is 6. The topological polar surface area (TPSA) is 88.0 Å². The quantitative estimate of drug-likeness (QED) is 0.270. The summed E-state index contributed by atoms with van der Waals surface area (Å²) in [4.78, 5) is 26.9. The van der Waals surface area contributed by atoms with Crippen molar-refractivity contribution in [1.29, 1.82) is 5.26 Å². The molecule has 0 atom stereocenters. The minimum atomic E-state index is -0.601. The minimum absolute atomic E-state index is 0.172. The molecule has 0 aliphatic heterocycles. The van der Waals surface area contributed by atoms with Gasteiger partial charge in [0.1, 0.15) is 22.3 Å². The second-order valence-corrected chi connectivity index (χ2v) is 10.7.